The Morgan fingerprint density at radius 1 is 1.18 bits per heavy atom. The third-order valence-corrected chi connectivity index (χ3v) is 1.10. The molecule has 0 aliphatic rings. The van der Waals surface area contributed by atoms with Gasteiger partial charge in [0.15, 0.2) is 0 Å². The number of para-hydroxylation sites is 1. The summed E-state index contributed by atoms with van der Waals surface area (Å²) in [5.74, 6) is 0. The minimum absolute atomic E-state index is 0.0233. The summed E-state index contributed by atoms with van der Waals surface area (Å²) in [6.07, 6.45) is 0. The molecule has 11 heavy (non-hydrogen) atoms. The SMILES string of the molecule is ClNc1ccccc1.[I][Pb][I]. The average molecular weight is 589 g/mol. The topological polar surface area (TPSA) is 12.0 Å². The first-order valence-electron chi connectivity index (χ1n) is 2.73. The van der Waals surface area contributed by atoms with Gasteiger partial charge in [0.2, 0.25) is 0 Å². The third-order valence-electron chi connectivity index (χ3n) is 0.883. The zero-order valence-electron chi connectivity index (χ0n) is 5.52. The molecule has 60 valence electrons. The van der Waals surface area contributed by atoms with Crippen LogP contribution in [0.2, 0.25) is 0 Å². The summed E-state index contributed by atoms with van der Waals surface area (Å²) < 4.78 is 0. The van der Waals surface area contributed by atoms with Crippen LogP contribution in [0.15, 0.2) is 30.3 Å². The summed E-state index contributed by atoms with van der Waals surface area (Å²) in [4.78, 5) is 2.50. The van der Waals surface area contributed by atoms with Crippen LogP contribution in [-0.4, -0.2) is 15.6 Å². The second-order valence-electron chi connectivity index (χ2n) is 1.53. The molecular formula is C6H6ClI2NPb. The van der Waals surface area contributed by atoms with Gasteiger partial charge in [-0.25, -0.2) is 0 Å². The van der Waals surface area contributed by atoms with Crippen molar-refractivity contribution in [1.29, 1.82) is 0 Å². The Morgan fingerprint density at radius 2 is 1.64 bits per heavy atom. The van der Waals surface area contributed by atoms with E-state index in [9.17, 15) is 0 Å². The first-order valence-corrected chi connectivity index (χ1v) is 25.0. The van der Waals surface area contributed by atoms with E-state index < -0.39 is 0 Å². The van der Waals surface area contributed by atoms with Gasteiger partial charge in [-0.15, -0.1) is 0 Å². The van der Waals surface area contributed by atoms with Crippen LogP contribution in [0.25, 0.3) is 0 Å². The molecule has 0 saturated carbocycles. The molecule has 0 amide bonds. The van der Waals surface area contributed by atoms with Gasteiger partial charge >= 0.3 is 51.2 Å². The fourth-order valence-corrected chi connectivity index (χ4v) is 0.627. The third kappa shape index (κ3) is 8.03. The summed E-state index contributed by atoms with van der Waals surface area (Å²) in [6, 6.07) is 9.58. The van der Waals surface area contributed by atoms with Crippen LogP contribution < -0.4 is 4.84 Å². The first-order chi connectivity index (χ1) is 5.35. The van der Waals surface area contributed by atoms with E-state index in [1.54, 1.807) is 0 Å². The maximum atomic E-state index is 5.28. The van der Waals surface area contributed by atoms with Gasteiger partial charge in [0.1, 0.15) is 0 Å². The molecule has 1 N–H and O–H groups in total. The Hall–Kier alpha value is 1.69. The van der Waals surface area contributed by atoms with E-state index in [4.69, 9.17) is 11.8 Å². The normalized spacial score (nSPS) is 7.91. The van der Waals surface area contributed by atoms with Crippen LogP contribution in [0.4, 0.5) is 5.69 Å². The molecule has 0 aliphatic carbocycles. The molecule has 0 saturated heterocycles. The van der Waals surface area contributed by atoms with Gasteiger partial charge < -0.3 is 0 Å². The monoisotopic (exact) mass is 589 g/mol. The number of halogens is 3. The second-order valence-corrected chi connectivity index (χ2v) is 29.9. The molecule has 0 spiro atoms. The Bertz CT molecular complexity index is 173. The number of benzene rings is 1. The van der Waals surface area contributed by atoms with E-state index >= 15 is 0 Å². The molecule has 0 aliphatic heterocycles. The van der Waals surface area contributed by atoms with Crippen molar-refractivity contribution >= 4 is 68.6 Å². The van der Waals surface area contributed by atoms with E-state index in [0.29, 0.717) is 0 Å². The maximum absolute atomic E-state index is 5.28. The van der Waals surface area contributed by atoms with Crippen LogP contribution in [0.5, 0.6) is 0 Å². The zero-order chi connectivity index (χ0) is 8.53. The summed E-state index contributed by atoms with van der Waals surface area (Å²) >= 11 is 10.2. The molecule has 0 heterocycles. The molecule has 5 heteroatoms. The van der Waals surface area contributed by atoms with Gasteiger partial charge in [-0.1, -0.05) is 18.2 Å². The molecule has 1 aromatic rings. The predicted molar refractivity (Wildman–Crippen MR) is 69.7 cm³/mol. The molecule has 1 aromatic carbocycles. The Balaban J connectivity index is 0.000000292. The molecule has 0 unspecified atom stereocenters. The van der Waals surface area contributed by atoms with Crippen molar-refractivity contribution in [2.45, 2.75) is 0 Å². The Morgan fingerprint density at radius 3 is 1.91 bits per heavy atom. The van der Waals surface area contributed by atoms with Crippen molar-refractivity contribution in [3.63, 3.8) is 0 Å². The molecular weight excluding hydrogens is 583 g/mol. The zero-order valence-corrected chi connectivity index (χ0v) is 14.5. The number of hydrogen-bond acceptors (Lipinski definition) is 1. The van der Waals surface area contributed by atoms with Crippen LogP contribution in [0, 0.1) is 0 Å². The van der Waals surface area contributed by atoms with E-state index in [1.807, 2.05) is 30.3 Å². The molecule has 0 atom stereocenters. The molecule has 1 nitrogen and oxygen atoms in total. The summed E-state index contributed by atoms with van der Waals surface area (Å²) in [5, 5.41) is 0. The van der Waals surface area contributed by atoms with E-state index in [1.165, 1.54) is 0 Å². The van der Waals surface area contributed by atoms with E-state index in [-0.39, 0.29) is 15.6 Å². The standard InChI is InChI=1S/C6H6ClN.2HI.Pb/c7-8-6-4-2-1-3-5-6;;;/h1-5,8H;2*1H;/q;;;+2/p-2. The Kier molecular flexibility index (Phi) is 11.3. The second kappa shape index (κ2) is 9.78. The summed E-state index contributed by atoms with van der Waals surface area (Å²) in [5.41, 5.74) is 0.925. The van der Waals surface area contributed by atoms with Crippen LogP contribution in [0.1, 0.15) is 0 Å². The van der Waals surface area contributed by atoms with Crippen LogP contribution in [-0.2, 0) is 0 Å². The van der Waals surface area contributed by atoms with Crippen LogP contribution >= 0.6 is 47.3 Å². The van der Waals surface area contributed by atoms with Gasteiger partial charge in [-0.05, 0) is 12.1 Å². The molecule has 0 fully saturated rings. The number of anilines is 1. The molecule has 0 bridgehead atoms. The average Bonchev–Trinajstić information content (AvgIpc) is 2.08. The number of hydrogen-bond donors (Lipinski definition) is 1. The van der Waals surface area contributed by atoms with Crippen molar-refractivity contribution in [2.24, 2.45) is 0 Å². The number of nitrogens with one attached hydrogen (secondary N) is 1. The van der Waals surface area contributed by atoms with Gasteiger partial charge in [0.05, 0.1) is 0 Å². The molecule has 1 rings (SSSR count). The van der Waals surface area contributed by atoms with Crippen molar-refractivity contribution in [2.75, 3.05) is 4.84 Å². The van der Waals surface area contributed by atoms with E-state index in [2.05, 4.69) is 40.4 Å². The number of rotatable bonds is 1. The fourth-order valence-electron chi connectivity index (χ4n) is 0.501. The van der Waals surface area contributed by atoms with Crippen molar-refractivity contribution < 1.29 is 0 Å². The van der Waals surface area contributed by atoms with Crippen molar-refractivity contribution in [3.05, 3.63) is 30.3 Å². The quantitative estimate of drug-likeness (QED) is 0.300. The molecule has 0 aromatic heterocycles. The van der Waals surface area contributed by atoms with Crippen LogP contribution in [0.3, 0.4) is 0 Å². The summed E-state index contributed by atoms with van der Waals surface area (Å²) in [6.45, 7) is 0. The van der Waals surface area contributed by atoms with E-state index in [0.717, 1.165) is 5.69 Å². The van der Waals surface area contributed by atoms with Gasteiger partial charge in [0, 0.05) is 17.5 Å². The van der Waals surface area contributed by atoms with Gasteiger partial charge in [0.25, 0.3) is 0 Å². The molecule has 2 radical (unpaired) electrons. The predicted octanol–water partition coefficient (Wildman–Crippen LogP) is 3.64. The van der Waals surface area contributed by atoms with Crippen molar-refractivity contribution in [1.82, 2.24) is 0 Å². The van der Waals surface area contributed by atoms with Crippen molar-refractivity contribution in [3.8, 4) is 0 Å². The fraction of sp³-hybridized carbons (Fsp3) is 0. The minimum atomic E-state index is 0.0233. The summed E-state index contributed by atoms with van der Waals surface area (Å²) in [7, 11) is 0. The first kappa shape index (κ1) is 12.7. The van der Waals surface area contributed by atoms with Gasteiger partial charge in [-0.2, -0.15) is 0 Å². The van der Waals surface area contributed by atoms with Gasteiger partial charge in [-0.3, -0.25) is 4.84 Å². The Labute approximate surface area is 102 Å².